The molecule has 0 unspecified atom stereocenters. The van der Waals surface area contributed by atoms with Crippen LogP contribution in [-0.4, -0.2) is 70.9 Å². The minimum Gasteiger partial charge on any atom is -0.484 e. The van der Waals surface area contributed by atoms with Crippen LogP contribution >= 0.6 is 0 Å². The van der Waals surface area contributed by atoms with Gasteiger partial charge in [-0.25, -0.2) is 0 Å². The third kappa shape index (κ3) is 6.03. The highest BCUT2D eigenvalue weighted by Gasteiger charge is 2.19. The standard InChI is InChI=1S/C25H31N3O5/c1-2-24(29)19-3-6-21(7-4-19)33-18-25(30)26-22-8-5-20(27-9-13-31-14-10-27)17-23(22)28-11-15-32-16-12-28/h3-8,17H,2,9-16,18H2,1H3,(H,26,30). The van der Waals surface area contributed by atoms with Gasteiger partial charge in [-0.1, -0.05) is 6.92 Å². The van der Waals surface area contributed by atoms with Crippen LogP contribution in [0.25, 0.3) is 0 Å². The van der Waals surface area contributed by atoms with Gasteiger partial charge in [0, 0.05) is 43.9 Å². The topological polar surface area (TPSA) is 80.3 Å². The largest absolute Gasteiger partial charge is 0.484 e. The highest BCUT2D eigenvalue weighted by Crippen LogP contribution is 2.32. The zero-order valence-electron chi connectivity index (χ0n) is 19.0. The molecule has 0 radical (unpaired) electrons. The maximum atomic E-state index is 12.7. The second kappa shape index (κ2) is 11.2. The number of ether oxygens (including phenoxy) is 3. The molecular weight excluding hydrogens is 422 g/mol. The number of anilines is 3. The predicted molar refractivity (Wildman–Crippen MR) is 128 cm³/mol. The fourth-order valence-corrected chi connectivity index (χ4v) is 3.99. The summed E-state index contributed by atoms with van der Waals surface area (Å²) in [6, 6.07) is 13.0. The SMILES string of the molecule is CCC(=O)c1ccc(OCC(=O)Nc2ccc(N3CCOCC3)cc2N2CCOCC2)cc1. The first-order valence-electron chi connectivity index (χ1n) is 11.5. The van der Waals surface area contributed by atoms with E-state index in [1.165, 1.54) is 0 Å². The molecular formula is C25H31N3O5. The van der Waals surface area contributed by atoms with Crippen molar-refractivity contribution in [3.63, 3.8) is 0 Å². The maximum absolute atomic E-state index is 12.7. The van der Waals surface area contributed by atoms with Crippen LogP contribution in [-0.2, 0) is 14.3 Å². The quantitative estimate of drug-likeness (QED) is 0.616. The highest BCUT2D eigenvalue weighted by molar-refractivity contribution is 5.96. The Morgan fingerprint density at radius 3 is 2.18 bits per heavy atom. The Balaban J connectivity index is 1.43. The molecule has 1 amide bonds. The van der Waals surface area contributed by atoms with E-state index in [1.807, 2.05) is 19.1 Å². The molecule has 2 saturated heterocycles. The Morgan fingerprint density at radius 2 is 1.55 bits per heavy atom. The van der Waals surface area contributed by atoms with E-state index in [1.54, 1.807) is 24.3 Å². The van der Waals surface area contributed by atoms with Gasteiger partial charge in [-0.05, 0) is 42.5 Å². The van der Waals surface area contributed by atoms with Crippen LogP contribution in [0.3, 0.4) is 0 Å². The Kier molecular flexibility index (Phi) is 7.80. The van der Waals surface area contributed by atoms with E-state index in [2.05, 4.69) is 21.2 Å². The molecule has 2 fully saturated rings. The molecule has 2 aromatic rings. The molecule has 8 nitrogen and oxygen atoms in total. The Morgan fingerprint density at radius 1 is 0.909 bits per heavy atom. The molecule has 0 aromatic heterocycles. The maximum Gasteiger partial charge on any atom is 0.262 e. The summed E-state index contributed by atoms with van der Waals surface area (Å²) in [5.74, 6) is 0.390. The van der Waals surface area contributed by atoms with Gasteiger partial charge in [0.2, 0.25) is 0 Å². The fraction of sp³-hybridized carbons (Fsp3) is 0.440. The Bertz CT molecular complexity index is 951. The molecule has 2 aliphatic rings. The van der Waals surface area contributed by atoms with Crippen LogP contribution in [0.1, 0.15) is 23.7 Å². The number of nitrogens with one attached hydrogen (secondary N) is 1. The molecule has 176 valence electrons. The summed E-state index contributed by atoms with van der Waals surface area (Å²) in [4.78, 5) is 29.0. The van der Waals surface area contributed by atoms with Crippen molar-refractivity contribution in [1.82, 2.24) is 0 Å². The van der Waals surface area contributed by atoms with Crippen LogP contribution in [0.15, 0.2) is 42.5 Å². The molecule has 0 atom stereocenters. The summed E-state index contributed by atoms with van der Waals surface area (Å²) in [6.45, 7) is 7.72. The lowest BCUT2D eigenvalue weighted by Crippen LogP contribution is -2.38. The molecule has 0 saturated carbocycles. The number of hydrogen-bond acceptors (Lipinski definition) is 7. The Hall–Kier alpha value is -3.10. The number of hydrogen-bond donors (Lipinski definition) is 1. The third-order valence-corrected chi connectivity index (χ3v) is 5.85. The monoisotopic (exact) mass is 453 g/mol. The van der Waals surface area contributed by atoms with Crippen molar-refractivity contribution in [2.45, 2.75) is 13.3 Å². The van der Waals surface area contributed by atoms with E-state index >= 15 is 0 Å². The van der Waals surface area contributed by atoms with E-state index in [9.17, 15) is 9.59 Å². The number of morpholine rings is 2. The minimum atomic E-state index is -0.239. The van der Waals surface area contributed by atoms with Crippen molar-refractivity contribution >= 4 is 28.8 Å². The van der Waals surface area contributed by atoms with Crippen molar-refractivity contribution in [3.05, 3.63) is 48.0 Å². The van der Waals surface area contributed by atoms with Crippen LogP contribution in [0, 0.1) is 0 Å². The van der Waals surface area contributed by atoms with Gasteiger partial charge < -0.3 is 29.3 Å². The predicted octanol–water partition coefficient (Wildman–Crippen LogP) is 2.97. The van der Waals surface area contributed by atoms with Gasteiger partial charge >= 0.3 is 0 Å². The van der Waals surface area contributed by atoms with Gasteiger partial charge in [0.15, 0.2) is 12.4 Å². The first kappa shape index (κ1) is 23.1. The van der Waals surface area contributed by atoms with Crippen molar-refractivity contribution in [2.75, 3.05) is 74.3 Å². The lowest BCUT2D eigenvalue weighted by molar-refractivity contribution is -0.118. The van der Waals surface area contributed by atoms with Crippen molar-refractivity contribution in [3.8, 4) is 5.75 Å². The van der Waals surface area contributed by atoms with Gasteiger partial charge in [0.05, 0.1) is 37.8 Å². The number of amides is 1. The number of nitrogens with zero attached hydrogens (tertiary/aromatic N) is 2. The van der Waals surface area contributed by atoms with E-state index < -0.39 is 0 Å². The van der Waals surface area contributed by atoms with Crippen LogP contribution in [0.5, 0.6) is 5.75 Å². The summed E-state index contributed by atoms with van der Waals surface area (Å²) in [5, 5.41) is 3.00. The molecule has 0 spiro atoms. The molecule has 2 aliphatic heterocycles. The minimum absolute atomic E-state index is 0.0791. The van der Waals surface area contributed by atoms with E-state index in [0.29, 0.717) is 30.9 Å². The van der Waals surface area contributed by atoms with E-state index in [0.717, 1.165) is 56.5 Å². The number of carbonyl (C=O) groups is 2. The third-order valence-electron chi connectivity index (χ3n) is 5.85. The smallest absolute Gasteiger partial charge is 0.262 e. The molecule has 0 bridgehead atoms. The lowest BCUT2D eigenvalue weighted by Gasteiger charge is -2.33. The summed E-state index contributed by atoms with van der Waals surface area (Å²) in [5.41, 5.74) is 3.50. The summed E-state index contributed by atoms with van der Waals surface area (Å²) in [6.07, 6.45) is 0.457. The van der Waals surface area contributed by atoms with Crippen LogP contribution in [0.4, 0.5) is 17.1 Å². The number of benzene rings is 2. The van der Waals surface area contributed by atoms with Crippen molar-refractivity contribution < 1.29 is 23.8 Å². The van der Waals surface area contributed by atoms with Crippen LogP contribution < -0.4 is 19.9 Å². The molecule has 2 aromatic carbocycles. The van der Waals surface area contributed by atoms with Gasteiger partial charge in [-0.2, -0.15) is 0 Å². The van der Waals surface area contributed by atoms with Crippen molar-refractivity contribution in [2.24, 2.45) is 0 Å². The highest BCUT2D eigenvalue weighted by atomic mass is 16.5. The average molecular weight is 454 g/mol. The first-order valence-corrected chi connectivity index (χ1v) is 11.5. The molecule has 2 heterocycles. The number of ketones is 1. The molecule has 0 aliphatic carbocycles. The molecule has 1 N–H and O–H groups in total. The van der Waals surface area contributed by atoms with E-state index in [4.69, 9.17) is 14.2 Å². The summed E-state index contributed by atoms with van der Waals surface area (Å²) < 4.78 is 16.6. The van der Waals surface area contributed by atoms with Crippen molar-refractivity contribution in [1.29, 1.82) is 0 Å². The zero-order valence-corrected chi connectivity index (χ0v) is 19.0. The van der Waals surface area contributed by atoms with Gasteiger partial charge in [0.25, 0.3) is 5.91 Å². The number of rotatable bonds is 8. The second-order valence-electron chi connectivity index (χ2n) is 8.04. The van der Waals surface area contributed by atoms with Gasteiger partial charge in [0.1, 0.15) is 5.75 Å². The van der Waals surface area contributed by atoms with E-state index in [-0.39, 0.29) is 18.3 Å². The number of carbonyl (C=O) groups excluding carboxylic acids is 2. The lowest BCUT2D eigenvalue weighted by atomic mass is 10.1. The first-order chi connectivity index (χ1) is 16.1. The fourth-order valence-electron chi connectivity index (χ4n) is 3.99. The molecule has 33 heavy (non-hydrogen) atoms. The second-order valence-corrected chi connectivity index (χ2v) is 8.04. The molecule has 4 rings (SSSR count). The summed E-state index contributed by atoms with van der Waals surface area (Å²) in [7, 11) is 0. The Labute approximate surface area is 194 Å². The molecule has 8 heteroatoms. The number of Topliss-reactive ketones (excluding diaryl/α,β-unsaturated/α-hetero) is 1. The zero-order chi connectivity index (χ0) is 23.0. The normalized spacial score (nSPS) is 16.4. The van der Waals surface area contributed by atoms with Gasteiger partial charge in [-0.3, -0.25) is 9.59 Å². The van der Waals surface area contributed by atoms with Gasteiger partial charge in [-0.15, -0.1) is 0 Å². The average Bonchev–Trinajstić information content (AvgIpc) is 2.88. The summed E-state index contributed by atoms with van der Waals surface area (Å²) >= 11 is 0. The van der Waals surface area contributed by atoms with Crippen LogP contribution in [0.2, 0.25) is 0 Å².